The number of alkyl halides is 3. The number of nitrogen functional groups attached to an aromatic ring is 1. The highest BCUT2D eigenvalue weighted by atomic mass is 32.3. The van der Waals surface area contributed by atoms with Crippen molar-refractivity contribution in [1.29, 1.82) is 0 Å². The van der Waals surface area contributed by atoms with Crippen molar-refractivity contribution >= 4 is 21.7 Å². The predicted molar refractivity (Wildman–Crippen MR) is 49.5 cm³/mol. The maximum absolute atomic E-state index is 12.7. The van der Waals surface area contributed by atoms with Gasteiger partial charge >= 0.3 is 16.4 Å². The molecule has 0 radical (unpaired) electrons. The lowest BCUT2D eigenvalue weighted by atomic mass is 10.1. The summed E-state index contributed by atoms with van der Waals surface area (Å²) in [5.41, 5.74) is 2.90. The molecule has 2 N–H and O–H groups in total. The van der Waals surface area contributed by atoms with Gasteiger partial charge in [0.1, 0.15) is 4.90 Å². The highest BCUT2D eigenvalue weighted by Crippen LogP contribution is 2.30. The first-order chi connectivity index (χ1) is 7.55. The van der Waals surface area contributed by atoms with Crippen molar-refractivity contribution in [1.82, 2.24) is 0 Å². The van der Waals surface area contributed by atoms with E-state index in [-0.39, 0.29) is 0 Å². The number of carbonyl (C=O) groups is 1. The van der Waals surface area contributed by atoms with Crippen molar-refractivity contribution in [3.05, 3.63) is 23.8 Å². The minimum atomic E-state index is -5.46. The number of ketones is 1. The number of Topliss-reactive ketones (excluding diaryl/α,β-unsaturated/α-hetero) is 1. The molecule has 0 aliphatic carbocycles. The molecule has 17 heavy (non-hydrogen) atoms. The molecule has 0 heterocycles. The van der Waals surface area contributed by atoms with E-state index in [2.05, 4.69) is 0 Å². The van der Waals surface area contributed by atoms with Gasteiger partial charge < -0.3 is 5.73 Å². The number of nitrogens with two attached hydrogens (primary N) is 1. The molecule has 1 rings (SSSR count). The molecular weight excluding hydrogens is 266 g/mol. The molecule has 0 atom stereocenters. The molecular formula is C8H5F4NO3S. The molecule has 0 unspecified atom stereocenters. The molecule has 1 aromatic rings. The van der Waals surface area contributed by atoms with Crippen LogP contribution in [0, 0.1) is 0 Å². The Balaban J connectivity index is 3.59. The van der Waals surface area contributed by atoms with Crippen LogP contribution in [0.15, 0.2) is 23.1 Å². The zero-order valence-corrected chi connectivity index (χ0v) is 8.77. The number of rotatable bonds is 2. The van der Waals surface area contributed by atoms with Crippen LogP contribution in [0.25, 0.3) is 0 Å². The van der Waals surface area contributed by atoms with Gasteiger partial charge in [-0.05, 0) is 12.1 Å². The molecule has 0 spiro atoms. The van der Waals surface area contributed by atoms with Crippen molar-refractivity contribution in [3.63, 3.8) is 0 Å². The number of hydrogen-bond donors (Lipinski definition) is 1. The zero-order valence-electron chi connectivity index (χ0n) is 7.95. The summed E-state index contributed by atoms with van der Waals surface area (Å²) in [6.07, 6.45) is -5.34. The third kappa shape index (κ3) is 2.73. The summed E-state index contributed by atoms with van der Waals surface area (Å²) in [6, 6.07) is 2.33. The maximum atomic E-state index is 12.7. The van der Waals surface area contributed by atoms with Crippen molar-refractivity contribution < 1.29 is 30.3 Å². The van der Waals surface area contributed by atoms with Crippen LogP contribution < -0.4 is 5.73 Å². The molecule has 9 heteroatoms. The highest BCUT2D eigenvalue weighted by molar-refractivity contribution is 7.86. The molecule has 4 nitrogen and oxygen atoms in total. The number of benzene rings is 1. The van der Waals surface area contributed by atoms with Gasteiger partial charge in [-0.1, -0.05) is 6.07 Å². The molecule has 0 aliphatic rings. The summed E-state index contributed by atoms with van der Waals surface area (Å²) in [5, 5.41) is 0. The van der Waals surface area contributed by atoms with E-state index in [9.17, 15) is 30.3 Å². The van der Waals surface area contributed by atoms with Crippen LogP contribution in [-0.4, -0.2) is 20.4 Å². The van der Waals surface area contributed by atoms with E-state index < -0.39 is 38.3 Å². The second-order valence-electron chi connectivity index (χ2n) is 2.99. The average molecular weight is 271 g/mol. The van der Waals surface area contributed by atoms with Crippen molar-refractivity contribution in [2.45, 2.75) is 11.1 Å². The lowest BCUT2D eigenvalue weighted by Crippen LogP contribution is -2.25. The molecule has 0 saturated heterocycles. The van der Waals surface area contributed by atoms with Crippen LogP contribution in [0.5, 0.6) is 0 Å². The Labute approximate surface area is 93.2 Å². The van der Waals surface area contributed by atoms with Crippen LogP contribution in [0.1, 0.15) is 10.4 Å². The van der Waals surface area contributed by atoms with Crippen LogP contribution in [0.2, 0.25) is 0 Å². The molecule has 0 saturated carbocycles. The third-order valence-electron chi connectivity index (χ3n) is 1.81. The number of carbonyl (C=O) groups excluding carboxylic acids is 1. The summed E-state index contributed by atoms with van der Waals surface area (Å²) >= 11 is 0. The first-order valence-corrected chi connectivity index (χ1v) is 5.38. The quantitative estimate of drug-likeness (QED) is 0.384. The summed E-state index contributed by atoms with van der Waals surface area (Å²) in [5.74, 6) is -2.51. The second-order valence-corrected chi connectivity index (χ2v) is 4.30. The molecule has 94 valence electrons. The van der Waals surface area contributed by atoms with E-state index in [1.54, 1.807) is 0 Å². The van der Waals surface area contributed by atoms with Crippen molar-refractivity contribution in [3.8, 4) is 0 Å². The van der Waals surface area contributed by atoms with Gasteiger partial charge in [0.15, 0.2) is 0 Å². The van der Waals surface area contributed by atoms with Crippen LogP contribution in [0.3, 0.4) is 0 Å². The van der Waals surface area contributed by atoms with Crippen molar-refractivity contribution in [2.24, 2.45) is 0 Å². The fourth-order valence-electron chi connectivity index (χ4n) is 1.14. The van der Waals surface area contributed by atoms with E-state index in [1.807, 2.05) is 0 Å². The lowest BCUT2D eigenvalue weighted by Gasteiger charge is -2.10. The predicted octanol–water partition coefficient (Wildman–Crippen LogP) is 1.67. The molecule has 0 fully saturated rings. The van der Waals surface area contributed by atoms with Gasteiger partial charge in [0.25, 0.3) is 5.78 Å². The average Bonchev–Trinajstić information content (AvgIpc) is 2.13. The van der Waals surface area contributed by atoms with Crippen LogP contribution in [-0.2, 0) is 10.2 Å². The minimum Gasteiger partial charge on any atom is -0.398 e. The van der Waals surface area contributed by atoms with Crippen molar-refractivity contribution in [2.75, 3.05) is 5.73 Å². The molecule has 0 aliphatic heterocycles. The van der Waals surface area contributed by atoms with Gasteiger partial charge in [0.2, 0.25) is 0 Å². The van der Waals surface area contributed by atoms with Gasteiger partial charge in [-0.25, -0.2) is 0 Å². The first-order valence-electron chi connectivity index (χ1n) is 4.00. The standard InChI is InChI=1S/C8H5F4NO3S/c9-8(10,11)7(14)6-4(13)2-1-3-5(6)17(12,15)16/h1-3H,13H2. The van der Waals surface area contributed by atoms with Crippen LogP contribution >= 0.6 is 0 Å². The summed E-state index contributed by atoms with van der Waals surface area (Å²) in [7, 11) is -5.46. The van der Waals surface area contributed by atoms with Gasteiger partial charge in [0, 0.05) is 5.69 Å². The zero-order chi connectivity index (χ0) is 13.4. The summed E-state index contributed by atoms with van der Waals surface area (Å²) in [6.45, 7) is 0. The minimum absolute atomic E-state index is 0.532. The molecule has 1 aromatic carbocycles. The molecule has 0 bridgehead atoms. The Hall–Kier alpha value is -1.64. The topological polar surface area (TPSA) is 77.2 Å². The molecule has 0 amide bonds. The van der Waals surface area contributed by atoms with E-state index in [0.717, 1.165) is 12.1 Å². The van der Waals surface area contributed by atoms with E-state index in [4.69, 9.17) is 5.73 Å². The lowest BCUT2D eigenvalue weighted by molar-refractivity contribution is -0.0886. The summed E-state index contributed by atoms with van der Waals surface area (Å²) < 4.78 is 70.4. The Morgan fingerprint density at radius 3 is 2.18 bits per heavy atom. The smallest absolute Gasteiger partial charge is 0.398 e. The highest BCUT2D eigenvalue weighted by Gasteiger charge is 2.43. The summed E-state index contributed by atoms with van der Waals surface area (Å²) in [4.78, 5) is 9.53. The van der Waals surface area contributed by atoms with E-state index >= 15 is 0 Å². The van der Waals surface area contributed by atoms with E-state index in [0.29, 0.717) is 6.07 Å². The van der Waals surface area contributed by atoms with E-state index in [1.165, 1.54) is 0 Å². The molecule has 0 aromatic heterocycles. The fraction of sp³-hybridized carbons (Fsp3) is 0.125. The number of anilines is 1. The Morgan fingerprint density at radius 2 is 1.76 bits per heavy atom. The number of hydrogen-bond acceptors (Lipinski definition) is 4. The first kappa shape index (κ1) is 13.4. The van der Waals surface area contributed by atoms with Gasteiger partial charge in [-0.15, -0.1) is 3.89 Å². The van der Waals surface area contributed by atoms with Gasteiger partial charge in [-0.3, -0.25) is 4.79 Å². The monoisotopic (exact) mass is 271 g/mol. The van der Waals surface area contributed by atoms with Gasteiger partial charge in [-0.2, -0.15) is 21.6 Å². The normalized spacial score (nSPS) is 12.5. The number of halogens is 4. The Morgan fingerprint density at radius 1 is 1.24 bits per heavy atom. The van der Waals surface area contributed by atoms with Crippen LogP contribution in [0.4, 0.5) is 22.7 Å². The maximum Gasteiger partial charge on any atom is 0.454 e. The SMILES string of the molecule is Nc1cccc(S(=O)(=O)F)c1C(=O)C(F)(F)F. The largest absolute Gasteiger partial charge is 0.454 e. The Bertz CT molecular complexity index is 565. The van der Waals surface area contributed by atoms with Gasteiger partial charge in [0.05, 0.1) is 5.56 Å². The third-order valence-corrected chi connectivity index (χ3v) is 2.67. The fourth-order valence-corrected chi connectivity index (χ4v) is 1.83. The Kier molecular flexibility index (Phi) is 3.15. The second kappa shape index (κ2) is 3.99.